The molecule has 1 rings (SSSR count). The van der Waals surface area contributed by atoms with E-state index in [1.807, 2.05) is 6.07 Å². The Morgan fingerprint density at radius 1 is 1.33 bits per heavy atom. The molecule has 0 aliphatic heterocycles. The summed E-state index contributed by atoms with van der Waals surface area (Å²) in [5.41, 5.74) is 8.38. The van der Waals surface area contributed by atoms with Crippen LogP contribution < -0.4 is 10.5 Å². The molecule has 0 aliphatic carbocycles. The van der Waals surface area contributed by atoms with Crippen LogP contribution in [0.3, 0.4) is 0 Å². The molecule has 0 spiro atoms. The van der Waals surface area contributed by atoms with Gasteiger partial charge >= 0.3 is 0 Å². The van der Waals surface area contributed by atoms with Crippen molar-refractivity contribution in [3.8, 4) is 5.75 Å². The zero-order valence-corrected chi connectivity index (χ0v) is 10.1. The molecule has 1 aromatic rings. The second kappa shape index (κ2) is 4.67. The molecule has 2 heteroatoms. The number of benzene rings is 1. The standard InChI is InChI=1S/C13H21NO/c1-5-10-9-11(13(3,14)6-2)7-8-12(10)15-4/h7-9H,5-6,14H2,1-4H3. The first-order valence-corrected chi connectivity index (χ1v) is 5.51. The van der Waals surface area contributed by atoms with E-state index in [4.69, 9.17) is 10.5 Å². The van der Waals surface area contributed by atoms with Gasteiger partial charge in [0, 0.05) is 5.54 Å². The number of rotatable bonds is 4. The van der Waals surface area contributed by atoms with E-state index in [9.17, 15) is 0 Å². The molecule has 15 heavy (non-hydrogen) atoms. The number of aryl methyl sites for hydroxylation is 1. The van der Waals surface area contributed by atoms with Gasteiger partial charge in [-0.3, -0.25) is 0 Å². The third-order valence-electron chi connectivity index (χ3n) is 3.06. The fraction of sp³-hybridized carbons (Fsp3) is 0.538. The van der Waals surface area contributed by atoms with Crippen molar-refractivity contribution < 1.29 is 4.74 Å². The van der Waals surface area contributed by atoms with Gasteiger partial charge in [-0.15, -0.1) is 0 Å². The Morgan fingerprint density at radius 2 is 2.00 bits per heavy atom. The average molecular weight is 207 g/mol. The topological polar surface area (TPSA) is 35.2 Å². The van der Waals surface area contributed by atoms with Gasteiger partial charge in [-0.25, -0.2) is 0 Å². The molecule has 0 amide bonds. The van der Waals surface area contributed by atoms with Gasteiger partial charge in [-0.2, -0.15) is 0 Å². The Morgan fingerprint density at radius 3 is 2.47 bits per heavy atom. The molecular weight excluding hydrogens is 186 g/mol. The molecule has 0 saturated heterocycles. The van der Waals surface area contributed by atoms with Gasteiger partial charge < -0.3 is 10.5 Å². The first-order chi connectivity index (χ1) is 7.05. The summed E-state index contributed by atoms with van der Waals surface area (Å²) in [6.45, 7) is 6.30. The predicted octanol–water partition coefficient (Wildman–Crippen LogP) is 2.84. The number of hydrogen-bond acceptors (Lipinski definition) is 2. The first kappa shape index (κ1) is 12.1. The maximum atomic E-state index is 6.21. The first-order valence-electron chi connectivity index (χ1n) is 5.51. The molecule has 2 nitrogen and oxygen atoms in total. The van der Waals surface area contributed by atoms with Crippen LogP contribution in [0.15, 0.2) is 18.2 Å². The lowest BCUT2D eigenvalue weighted by Gasteiger charge is -2.24. The van der Waals surface area contributed by atoms with Crippen LogP contribution >= 0.6 is 0 Å². The van der Waals surface area contributed by atoms with E-state index < -0.39 is 0 Å². The van der Waals surface area contributed by atoms with E-state index in [1.54, 1.807) is 7.11 Å². The fourth-order valence-electron chi connectivity index (χ4n) is 1.61. The van der Waals surface area contributed by atoms with E-state index >= 15 is 0 Å². The zero-order chi connectivity index (χ0) is 11.5. The Kier molecular flexibility index (Phi) is 3.75. The highest BCUT2D eigenvalue weighted by atomic mass is 16.5. The number of nitrogens with two attached hydrogens (primary N) is 1. The molecule has 1 aromatic carbocycles. The Balaban J connectivity index is 3.13. The summed E-state index contributed by atoms with van der Waals surface area (Å²) < 4.78 is 5.30. The van der Waals surface area contributed by atoms with Crippen LogP contribution in [0.4, 0.5) is 0 Å². The van der Waals surface area contributed by atoms with Crippen LogP contribution in [0.5, 0.6) is 5.75 Å². The third-order valence-corrected chi connectivity index (χ3v) is 3.06. The van der Waals surface area contributed by atoms with Crippen molar-refractivity contribution in [2.24, 2.45) is 5.73 Å². The maximum Gasteiger partial charge on any atom is 0.122 e. The average Bonchev–Trinajstić information content (AvgIpc) is 2.28. The second-order valence-electron chi connectivity index (χ2n) is 4.15. The minimum atomic E-state index is -0.240. The van der Waals surface area contributed by atoms with Gasteiger partial charge in [0.15, 0.2) is 0 Å². The minimum absolute atomic E-state index is 0.240. The number of ether oxygens (including phenoxy) is 1. The van der Waals surface area contributed by atoms with E-state index in [-0.39, 0.29) is 5.54 Å². The molecule has 0 fully saturated rings. The SMILES string of the molecule is CCc1cc(C(C)(N)CC)ccc1OC. The van der Waals surface area contributed by atoms with Crippen molar-refractivity contribution >= 4 is 0 Å². The van der Waals surface area contributed by atoms with Gasteiger partial charge in [0.2, 0.25) is 0 Å². The van der Waals surface area contributed by atoms with Crippen molar-refractivity contribution in [2.45, 2.75) is 39.2 Å². The van der Waals surface area contributed by atoms with Crippen molar-refractivity contribution in [2.75, 3.05) is 7.11 Å². The highest BCUT2D eigenvalue weighted by Gasteiger charge is 2.19. The van der Waals surface area contributed by atoms with Crippen molar-refractivity contribution in [1.29, 1.82) is 0 Å². The minimum Gasteiger partial charge on any atom is -0.496 e. The fourth-order valence-corrected chi connectivity index (χ4v) is 1.61. The molecule has 1 unspecified atom stereocenters. The van der Waals surface area contributed by atoms with E-state index in [2.05, 4.69) is 32.9 Å². The summed E-state index contributed by atoms with van der Waals surface area (Å²) >= 11 is 0. The molecule has 84 valence electrons. The van der Waals surface area contributed by atoms with Crippen molar-refractivity contribution in [3.63, 3.8) is 0 Å². The van der Waals surface area contributed by atoms with Crippen LogP contribution in [0.1, 0.15) is 38.3 Å². The smallest absolute Gasteiger partial charge is 0.122 e. The molecule has 0 radical (unpaired) electrons. The Bertz CT molecular complexity index is 331. The largest absolute Gasteiger partial charge is 0.496 e. The Labute approximate surface area is 92.4 Å². The molecule has 0 aliphatic rings. The molecule has 1 atom stereocenters. The van der Waals surface area contributed by atoms with Gasteiger partial charge in [-0.1, -0.05) is 26.0 Å². The predicted molar refractivity (Wildman–Crippen MR) is 64.2 cm³/mol. The summed E-state index contributed by atoms with van der Waals surface area (Å²) in [6, 6.07) is 6.22. The van der Waals surface area contributed by atoms with E-state index in [1.165, 1.54) is 11.1 Å². The highest BCUT2D eigenvalue weighted by Crippen LogP contribution is 2.27. The molecule has 0 saturated carbocycles. The molecule has 0 bridgehead atoms. The molecular formula is C13H21NO. The van der Waals surface area contributed by atoms with Gasteiger partial charge in [0.25, 0.3) is 0 Å². The van der Waals surface area contributed by atoms with Crippen LogP contribution in [0, 0.1) is 0 Å². The summed E-state index contributed by atoms with van der Waals surface area (Å²) in [5.74, 6) is 0.952. The van der Waals surface area contributed by atoms with Crippen LogP contribution in [-0.2, 0) is 12.0 Å². The lowest BCUT2D eigenvalue weighted by molar-refractivity contribution is 0.408. The van der Waals surface area contributed by atoms with Crippen LogP contribution in [0.25, 0.3) is 0 Å². The summed E-state index contributed by atoms with van der Waals surface area (Å²) in [4.78, 5) is 0. The van der Waals surface area contributed by atoms with Crippen molar-refractivity contribution in [1.82, 2.24) is 0 Å². The van der Waals surface area contributed by atoms with Crippen molar-refractivity contribution in [3.05, 3.63) is 29.3 Å². The summed E-state index contributed by atoms with van der Waals surface area (Å²) in [7, 11) is 1.70. The van der Waals surface area contributed by atoms with Gasteiger partial charge in [0.1, 0.15) is 5.75 Å². The van der Waals surface area contributed by atoms with Gasteiger partial charge in [-0.05, 0) is 37.0 Å². The van der Waals surface area contributed by atoms with E-state index in [0.29, 0.717) is 0 Å². The normalized spacial score (nSPS) is 14.7. The zero-order valence-electron chi connectivity index (χ0n) is 10.1. The number of methoxy groups -OCH3 is 1. The van der Waals surface area contributed by atoms with Crippen LogP contribution in [0.2, 0.25) is 0 Å². The second-order valence-corrected chi connectivity index (χ2v) is 4.15. The lowest BCUT2D eigenvalue weighted by Crippen LogP contribution is -2.32. The third kappa shape index (κ3) is 2.51. The molecule has 0 aromatic heterocycles. The molecule has 0 heterocycles. The Hall–Kier alpha value is -1.02. The van der Waals surface area contributed by atoms with Gasteiger partial charge in [0.05, 0.1) is 7.11 Å². The molecule has 2 N–H and O–H groups in total. The summed E-state index contributed by atoms with van der Waals surface area (Å²) in [5, 5.41) is 0. The van der Waals surface area contributed by atoms with Crippen LogP contribution in [-0.4, -0.2) is 7.11 Å². The number of hydrogen-bond donors (Lipinski definition) is 1. The van der Waals surface area contributed by atoms with E-state index in [0.717, 1.165) is 18.6 Å². The quantitative estimate of drug-likeness (QED) is 0.824. The highest BCUT2D eigenvalue weighted by molar-refractivity contribution is 5.39. The monoisotopic (exact) mass is 207 g/mol. The maximum absolute atomic E-state index is 6.21. The lowest BCUT2D eigenvalue weighted by atomic mass is 9.89. The summed E-state index contributed by atoms with van der Waals surface area (Å²) in [6.07, 6.45) is 1.90.